The molecule has 0 aromatic carbocycles. The van der Waals surface area contributed by atoms with Crippen LogP contribution < -0.4 is 16.3 Å². The molecule has 300 valence electrons. The first-order valence-corrected chi connectivity index (χ1v) is 22.1. The van der Waals surface area contributed by atoms with Gasteiger partial charge < -0.3 is 30.5 Å². The first-order chi connectivity index (χ1) is 23.7. The minimum absolute atomic E-state index is 0.0734. The average Bonchev–Trinajstić information content (AvgIpc) is 3.26. The highest BCUT2D eigenvalue weighted by molar-refractivity contribution is 7.85. The molecular weight excluding hydrogens is 734 g/mol. The van der Waals surface area contributed by atoms with Gasteiger partial charge in [0.1, 0.15) is 24.1 Å². The SMILES string of the molecule is CCCCCCCCCCCCCCCCCCS(=O)(=O)O.C[N+](C)(C)OP(=O)([O-])OP(=O)(O)OC[C@H]1O[C@@H](n2ccc(N)nc2=O)[C@H](O)[C@@H]1O. The summed E-state index contributed by atoms with van der Waals surface area (Å²) in [4.78, 5) is 36.6. The molecule has 0 radical (unpaired) electrons. The fourth-order valence-electron chi connectivity index (χ4n) is 5.18. The van der Waals surface area contributed by atoms with E-state index >= 15 is 0 Å². The van der Waals surface area contributed by atoms with Gasteiger partial charge in [0.2, 0.25) is 0 Å². The molecule has 1 saturated heterocycles. The number of aliphatic hydroxyl groups excluding tert-OH is 2. The van der Waals surface area contributed by atoms with Gasteiger partial charge in [-0.1, -0.05) is 103 Å². The maximum Gasteiger partial charge on any atom is 0.478 e. The van der Waals surface area contributed by atoms with E-state index in [4.69, 9.17) is 15.0 Å². The number of rotatable bonds is 25. The molecule has 1 aliphatic rings. The predicted octanol–water partition coefficient (Wildman–Crippen LogP) is 3.82. The summed E-state index contributed by atoms with van der Waals surface area (Å²) in [7, 11) is -10.2. The molecule has 2 unspecified atom stereocenters. The van der Waals surface area contributed by atoms with Crippen LogP contribution in [0.25, 0.3) is 0 Å². The van der Waals surface area contributed by atoms with E-state index in [9.17, 15) is 42.3 Å². The summed E-state index contributed by atoms with van der Waals surface area (Å²) in [5, 5.41) is 20.1. The van der Waals surface area contributed by atoms with Crippen molar-refractivity contribution in [3.05, 3.63) is 22.7 Å². The van der Waals surface area contributed by atoms with Crippen molar-refractivity contribution >= 4 is 31.6 Å². The molecule has 0 amide bonds. The predicted molar refractivity (Wildman–Crippen MR) is 188 cm³/mol. The van der Waals surface area contributed by atoms with Crippen molar-refractivity contribution in [1.82, 2.24) is 9.55 Å². The van der Waals surface area contributed by atoms with Crippen molar-refractivity contribution in [3.63, 3.8) is 0 Å². The van der Waals surface area contributed by atoms with Gasteiger partial charge in [-0.2, -0.15) is 18.0 Å². The number of unbranched alkanes of at least 4 members (excludes halogenated alkanes) is 15. The number of hydrogen-bond donors (Lipinski definition) is 5. The van der Waals surface area contributed by atoms with Gasteiger partial charge in [0.15, 0.2) is 6.23 Å². The lowest BCUT2D eigenvalue weighted by Crippen LogP contribution is -2.36. The Bertz CT molecular complexity index is 1400. The van der Waals surface area contributed by atoms with E-state index < -0.39 is 67.2 Å². The third-order valence-corrected chi connectivity index (χ3v) is 11.3. The van der Waals surface area contributed by atoms with Crippen LogP contribution in [0, 0.1) is 0 Å². The van der Waals surface area contributed by atoms with Crippen LogP contribution in [0.1, 0.15) is 116 Å². The standard InChI is InChI=1S/C18H38O3S.C12H22N4O11P2/c1-2-3-4-5-6-7-8-9-10-11-12-13-14-15-16-17-18-22(19,20)21;1-16(2,3)26-29(22,23)27-28(20,21)24-6-7-9(17)10(18)11(25-7)15-5-4-8(13)14-12(15)19/h2-18H2,1H3,(H,19,20,21);4-5,7,9-11,17-18H,6H2,1-3H3,(H3-,13,14,19,20,21,22,23)/t;7-,9-,10-,11-/m.1/s1. The smallest absolute Gasteiger partial charge is 0.478 e. The van der Waals surface area contributed by atoms with Crippen LogP contribution in [0.3, 0.4) is 0 Å². The molecule has 0 spiro atoms. The molecule has 1 aromatic heterocycles. The largest absolute Gasteiger partial charge is 0.752 e. The van der Waals surface area contributed by atoms with Crippen molar-refractivity contribution in [2.45, 2.75) is 134 Å². The van der Waals surface area contributed by atoms with E-state index in [2.05, 4.69) is 25.4 Å². The van der Waals surface area contributed by atoms with Crippen molar-refractivity contribution in [3.8, 4) is 0 Å². The molecule has 51 heavy (non-hydrogen) atoms. The van der Waals surface area contributed by atoms with E-state index in [1.165, 1.54) is 117 Å². The fraction of sp³-hybridized carbons (Fsp3) is 0.867. The zero-order valence-electron chi connectivity index (χ0n) is 30.3. The second-order valence-electron chi connectivity index (χ2n) is 13.4. The number of aromatic nitrogens is 2. The zero-order chi connectivity index (χ0) is 38.7. The molecule has 2 rings (SSSR count). The minimum atomic E-state index is -5.23. The summed E-state index contributed by atoms with van der Waals surface area (Å²) in [6.45, 7) is 1.41. The lowest BCUT2D eigenvalue weighted by atomic mass is 10.0. The van der Waals surface area contributed by atoms with E-state index in [0.717, 1.165) is 17.4 Å². The zero-order valence-corrected chi connectivity index (χ0v) is 32.9. The molecule has 1 fully saturated rings. The van der Waals surface area contributed by atoms with Crippen molar-refractivity contribution in [1.29, 1.82) is 0 Å². The number of phosphoric acid groups is 2. The average molecular weight is 795 g/mol. The Morgan fingerprint density at radius 1 is 0.922 bits per heavy atom. The quantitative estimate of drug-likeness (QED) is 0.0309. The molecule has 1 aliphatic heterocycles. The Morgan fingerprint density at radius 2 is 1.39 bits per heavy atom. The summed E-state index contributed by atoms with van der Waals surface area (Å²) in [6.07, 6.45) is 15.4. The molecule has 0 aliphatic carbocycles. The second-order valence-corrected chi connectivity index (χ2v) is 17.9. The highest BCUT2D eigenvalue weighted by Crippen LogP contribution is 2.59. The lowest BCUT2D eigenvalue weighted by molar-refractivity contribution is -1.04. The minimum Gasteiger partial charge on any atom is -0.752 e. The summed E-state index contributed by atoms with van der Waals surface area (Å²) < 4.78 is 71.8. The number of nitrogens with two attached hydrogens (primary N) is 1. The molecule has 0 bridgehead atoms. The first kappa shape index (κ1) is 47.7. The monoisotopic (exact) mass is 794 g/mol. The van der Waals surface area contributed by atoms with Crippen molar-refractivity contribution in [2.24, 2.45) is 0 Å². The Balaban J connectivity index is 0.000000532. The molecule has 2 heterocycles. The maximum atomic E-state index is 11.9. The third-order valence-electron chi connectivity index (χ3n) is 7.67. The number of aliphatic hydroxyl groups is 2. The van der Waals surface area contributed by atoms with Crippen molar-refractivity contribution < 1.29 is 64.9 Å². The van der Waals surface area contributed by atoms with Gasteiger partial charge >= 0.3 is 21.3 Å². The van der Waals surface area contributed by atoms with Gasteiger partial charge in [0, 0.05) is 6.20 Å². The number of anilines is 1. The van der Waals surface area contributed by atoms with Crippen LogP contribution in [0.4, 0.5) is 5.82 Å². The Kier molecular flexibility index (Phi) is 22.0. The molecule has 6 atom stereocenters. The van der Waals surface area contributed by atoms with Crippen LogP contribution in [-0.4, -0.2) is 94.1 Å². The number of quaternary nitrogens is 1. The molecule has 1 aromatic rings. The summed E-state index contributed by atoms with van der Waals surface area (Å²) >= 11 is 0. The Labute approximate surface area is 301 Å². The van der Waals surface area contributed by atoms with Crippen LogP contribution in [0.2, 0.25) is 0 Å². The molecule has 6 N–H and O–H groups in total. The highest BCUT2D eigenvalue weighted by Gasteiger charge is 2.45. The van der Waals surface area contributed by atoms with Gasteiger partial charge in [-0.3, -0.25) is 18.2 Å². The lowest BCUT2D eigenvalue weighted by Gasteiger charge is -2.30. The van der Waals surface area contributed by atoms with Crippen LogP contribution in [0.5, 0.6) is 0 Å². The molecule has 21 heteroatoms. The van der Waals surface area contributed by atoms with Gasteiger partial charge in [-0.25, -0.2) is 13.7 Å². The van der Waals surface area contributed by atoms with E-state index in [-0.39, 0.29) is 11.6 Å². The number of hydrogen-bond acceptors (Lipinski definition) is 14. The third kappa shape index (κ3) is 22.5. The number of ether oxygens (including phenoxy) is 1. The van der Waals surface area contributed by atoms with Crippen LogP contribution in [-0.2, 0) is 37.4 Å². The number of nitrogen functional groups attached to an aromatic ring is 1. The number of phosphoric ester groups is 1. The molecular formula is C30H60N4O14P2S. The summed E-state index contributed by atoms with van der Waals surface area (Å²) in [5.74, 6) is -0.151. The highest BCUT2D eigenvalue weighted by atomic mass is 32.2. The van der Waals surface area contributed by atoms with Crippen LogP contribution in [0.15, 0.2) is 17.1 Å². The summed E-state index contributed by atoms with van der Waals surface area (Å²) in [6, 6.07) is 1.25. The molecule has 0 saturated carbocycles. The van der Waals surface area contributed by atoms with Crippen molar-refractivity contribution in [2.75, 3.05) is 39.2 Å². The van der Waals surface area contributed by atoms with E-state index in [1.54, 1.807) is 0 Å². The van der Waals surface area contributed by atoms with E-state index in [0.29, 0.717) is 6.42 Å². The number of nitrogens with zero attached hydrogens (tertiary/aromatic N) is 3. The Hall–Kier alpha value is -1.31. The molecule has 18 nitrogen and oxygen atoms in total. The number of hydroxylamine groups is 3. The van der Waals surface area contributed by atoms with Gasteiger partial charge in [-0.05, 0) is 12.5 Å². The summed E-state index contributed by atoms with van der Waals surface area (Å²) in [5.41, 5.74) is 4.50. The first-order valence-electron chi connectivity index (χ1n) is 17.5. The van der Waals surface area contributed by atoms with Gasteiger partial charge in [0.05, 0.1) is 33.5 Å². The van der Waals surface area contributed by atoms with Gasteiger partial charge in [-0.15, -0.1) is 4.62 Å². The van der Waals surface area contributed by atoms with Crippen LogP contribution >= 0.6 is 15.6 Å². The maximum absolute atomic E-state index is 11.9. The normalized spacial score (nSPS) is 21.8. The second kappa shape index (κ2) is 23.5. The van der Waals surface area contributed by atoms with Gasteiger partial charge in [0.25, 0.3) is 10.1 Å². The van der Waals surface area contributed by atoms with E-state index in [1.807, 2.05) is 0 Å². The topological polar surface area (TPSA) is 270 Å². The fourth-order valence-corrected chi connectivity index (χ4v) is 8.00. The Morgan fingerprint density at radius 3 is 1.82 bits per heavy atom.